The number of aromatic nitrogens is 3. The molecule has 0 aliphatic carbocycles. The maximum absolute atomic E-state index is 12.4. The summed E-state index contributed by atoms with van der Waals surface area (Å²) < 4.78 is 10.9. The molecule has 0 unspecified atom stereocenters. The number of fused-ring (bicyclic) bond motifs is 1. The fourth-order valence-corrected chi connectivity index (χ4v) is 2.74. The third-order valence-electron chi connectivity index (χ3n) is 3.87. The van der Waals surface area contributed by atoms with Crippen LogP contribution in [0, 0.1) is 0 Å². The van der Waals surface area contributed by atoms with Gasteiger partial charge in [-0.2, -0.15) is 0 Å². The Balaban J connectivity index is 1.82. The number of carbonyl (C=O) groups is 1. The fourth-order valence-electron chi connectivity index (χ4n) is 2.74. The van der Waals surface area contributed by atoms with Gasteiger partial charge >= 0.3 is 6.09 Å². The van der Waals surface area contributed by atoms with Crippen molar-refractivity contribution in [3.8, 4) is 17.0 Å². The van der Waals surface area contributed by atoms with Crippen LogP contribution in [0.1, 0.15) is 39.9 Å². The Hall–Kier alpha value is -3.03. The zero-order valence-electron chi connectivity index (χ0n) is 15.9. The predicted octanol–water partition coefficient (Wildman–Crippen LogP) is 4.07. The summed E-state index contributed by atoms with van der Waals surface area (Å²) in [5.74, 6) is 0.686. The number of amides is 1. The second kappa shape index (κ2) is 7.30. The topological polar surface area (TPSA) is 104 Å². The van der Waals surface area contributed by atoms with Crippen molar-refractivity contribution in [3.63, 3.8) is 0 Å². The molecular formula is C19H24N4O4. The molecular weight excluding hydrogens is 348 g/mol. The van der Waals surface area contributed by atoms with Gasteiger partial charge in [0.2, 0.25) is 0 Å². The summed E-state index contributed by atoms with van der Waals surface area (Å²) in [5, 5.41) is 9.86. The number of nitrogens with one attached hydrogen (secondary N) is 1. The molecule has 0 radical (unpaired) electrons. The fraction of sp³-hybridized carbons (Fsp3) is 0.421. The maximum atomic E-state index is 12.4. The number of rotatable bonds is 5. The van der Waals surface area contributed by atoms with Crippen LogP contribution in [0.3, 0.4) is 0 Å². The lowest BCUT2D eigenvalue weighted by Crippen LogP contribution is -2.37. The third kappa shape index (κ3) is 4.21. The molecule has 3 aromatic rings. The number of aromatic hydroxyl groups is 1. The molecule has 144 valence electrons. The number of hydrogen-bond donors (Lipinski definition) is 2. The van der Waals surface area contributed by atoms with E-state index in [0.717, 1.165) is 12.0 Å². The van der Waals surface area contributed by atoms with Gasteiger partial charge in [-0.25, -0.2) is 14.8 Å². The minimum atomic E-state index is -0.554. The highest BCUT2D eigenvalue weighted by molar-refractivity contribution is 5.92. The lowest BCUT2D eigenvalue weighted by atomic mass is 10.1. The smallest absolute Gasteiger partial charge is 0.410 e. The number of ether oxygens (including phenoxy) is 1. The first-order valence-corrected chi connectivity index (χ1v) is 8.86. The van der Waals surface area contributed by atoms with Gasteiger partial charge in [-0.1, -0.05) is 6.92 Å². The van der Waals surface area contributed by atoms with E-state index >= 15 is 0 Å². The number of carbonyl (C=O) groups excluding carboxylic acids is 1. The van der Waals surface area contributed by atoms with Crippen molar-refractivity contribution in [2.75, 3.05) is 6.54 Å². The molecule has 2 aromatic heterocycles. The van der Waals surface area contributed by atoms with E-state index in [1.54, 1.807) is 23.2 Å². The van der Waals surface area contributed by atoms with Crippen molar-refractivity contribution in [1.29, 1.82) is 0 Å². The molecule has 2 N–H and O–H groups in total. The van der Waals surface area contributed by atoms with Gasteiger partial charge in [-0.3, -0.25) is 0 Å². The molecule has 1 aromatic carbocycles. The lowest BCUT2D eigenvalue weighted by Gasteiger charge is -2.26. The van der Waals surface area contributed by atoms with Gasteiger partial charge in [0.15, 0.2) is 17.5 Å². The van der Waals surface area contributed by atoms with E-state index in [9.17, 15) is 9.90 Å². The van der Waals surface area contributed by atoms with Gasteiger partial charge in [-0.05, 0) is 39.3 Å². The SMILES string of the molecule is CCCN(Cc1ncc(-c2ccc(O)c3ncoc23)[nH]1)C(=O)OC(C)(C)C. The van der Waals surface area contributed by atoms with Crippen LogP contribution in [0.5, 0.6) is 5.75 Å². The minimum Gasteiger partial charge on any atom is -0.506 e. The molecule has 0 atom stereocenters. The number of phenols is 1. The molecule has 0 saturated carbocycles. The molecule has 27 heavy (non-hydrogen) atoms. The third-order valence-corrected chi connectivity index (χ3v) is 3.87. The summed E-state index contributed by atoms with van der Waals surface area (Å²) >= 11 is 0. The van der Waals surface area contributed by atoms with Gasteiger partial charge in [0.25, 0.3) is 0 Å². The van der Waals surface area contributed by atoms with Crippen LogP contribution in [-0.4, -0.2) is 43.2 Å². The van der Waals surface area contributed by atoms with E-state index in [1.165, 1.54) is 6.39 Å². The van der Waals surface area contributed by atoms with E-state index in [-0.39, 0.29) is 11.8 Å². The van der Waals surface area contributed by atoms with Crippen molar-refractivity contribution in [1.82, 2.24) is 19.9 Å². The zero-order valence-corrected chi connectivity index (χ0v) is 15.9. The van der Waals surface area contributed by atoms with Crippen LogP contribution in [0.4, 0.5) is 4.79 Å². The molecule has 0 aliphatic rings. The van der Waals surface area contributed by atoms with Crippen LogP contribution < -0.4 is 0 Å². The number of aromatic amines is 1. The number of phenolic OH excluding ortho intramolecular Hbond substituents is 1. The average Bonchev–Trinajstić information content (AvgIpc) is 3.23. The first-order valence-electron chi connectivity index (χ1n) is 8.86. The van der Waals surface area contributed by atoms with Gasteiger partial charge < -0.3 is 24.1 Å². The molecule has 0 aliphatic heterocycles. The minimum absolute atomic E-state index is 0.0567. The summed E-state index contributed by atoms with van der Waals surface area (Å²) in [6.07, 6.45) is 3.40. The summed E-state index contributed by atoms with van der Waals surface area (Å²) in [6, 6.07) is 3.29. The predicted molar refractivity (Wildman–Crippen MR) is 100 cm³/mol. The number of nitrogens with zero attached hydrogens (tertiary/aromatic N) is 3. The largest absolute Gasteiger partial charge is 0.506 e. The normalized spacial score (nSPS) is 11.7. The molecule has 2 heterocycles. The van der Waals surface area contributed by atoms with Crippen LogP contribution in [0.25, 0.3) is 22.4 Å². The molecule has 0 fully saturated rings. The Morgan fingerprint density at radius 2 is 2.11 bits per heavy atom. The lowest BCUT2D eigenvalue weighted by molar-refractivity contribution is 0.0229. The highest BCUT2D eigenvalue weighted by Crippen LogP contribution is 2.32. The molecule has 3 rings (SSSR count). The molecule has 0 saturated heterocycles. The Kier molecular flexibility index (Phi) is 5.07. The van der Waals surface area contributed by atoms with Gasteiger partial charge in [0.1, 0.15) is 17.2 Å². The Labute approximate surface area is 157 Å². The van der Waals surface area contributed by atoms with Crippen LogP contribution in [-0.2, 0) is 11.3 Å². The molecule has 8 nitrogen and oxygen atoms in total. The Morgan fingerprint density at radius 1 is 1.33 bits per heavy atom. The van der Waals surface area contributed by atoms with Crippen LogP contribution in [0.15, 0.2) is 29.1 Å². The van der Waals surface area contributed by atoms with Crippen molar-refractivity contribution in [2.45, 2.75) is 46.3 Å². The van der Waals surface area contributed by atoms with Crippen molar-refractivity contribution < 1.29 is 19.1 Å². The molecule has 0 spiro atoms. The van der Waals surface area contributed by atoms with E-state index in [2.05, 4.69) is 15.0 Å². The van der Waals surface area contributed by atoms with Crippen molar-refractivity contribution in [2.24, 2.45) is 0 Å². The van der Waals surface area contributed by atoms with E-state index in [0.29, 0.717) is 35.7 Å². The summed E-state index contributed by atoms with van der Waals surface area (Å²) in [6.45, 7) is 8.40. The van der Waals surface area contributed by atoms with Gasteiger partial charge in [-0.15, -0.1) is 0 Å². The van der Waals surface area contributed by atoms with Gasteiger partial charge in [0.05, 0.1) is 18.4 Å². The number of hydrogen-bond acceptors (Lipinski definition) is 6. The maximum Gasteiger partial charge on any atom is 0.410 e. The first-order chi connectivity index (χ1) is 12.8. The number of imidazole rings is 1. The number of benzene rings is 1. The second-order valence-corrected chi connectivity index (χ2v) is 7.31. The average molecular weight is 372 g/mol. The van der Waals surface area contributed by atoms with Gasteiger partial charge in [0, 0.05) is 12.1 Å². The summed E-state index contributed by atoms with van der Waals surface area (Å²) in [4.78, 5) is 25.6. The van der Waals surface area contributed by atoms with Crippen molar-refractivity contribution >= 4 is 17.2 Å². The van der Waals surface area contributed by atoms with E-state index in [4.69, 9.17) is 9.15 Å². The summed E-state index contributed by atoms with van der Waals surface area (Å²) in [5.41, 5.74) is 1.76. The summed E-state index contributed by atoms with van der Waals surface area (Å²) in [7, 11) is 0. The zero-order chi connectivity index (χ0) is 19.6. The quantitative estimate of drug-likeness (QED) is 0.699. The molecule has 1 amide bonds. The van der Waals surface area contributed by atoms with E-state index in [1.807, 2.05) is 27.7 Å². The molecule has 0 bridgehead atoms. The Morgan fingerprint density at radius 3 is 2.81 bits per heavy atom. The Bertz CT molecular complexity index is 939. The second-order valence-electron chi connectivity index (χ2n) is 7.31. The molecule has 8 heteroatoms. The van der Waals surface area contributed by atoms with Crippen LogP contribution in [0.2, 0.25) is 0 Å². The highest BCUT2D eigenvalue weighted by Gasteiger charge is 2.23. The standard InChI is InChI=1S/C19H24N4O4/c1-5-8-23(18(25)27-19(2,3)4)10-15-20-9-13(22-15)12-6-7-14(24)16-17(12)26-11-21-16/h6-7,9,11,24H,5,8,10H2,1-4H3,(H,20,22). The monoisotopic (exact) mass is 372 g/mol. The van der Waals surface area contributed by atoms with Crippen molar-refractivity contribution in [3.05, 3.63) is 30.5 Å². The first kappa shape index (κ1) is 18.8. The highest BCUT2D eigenvalue weighted by atomic mass is 16.6. The number of H-pyrrole nitrogens is 1. The van der Waals surface area contributed by atoms with Crippen LogP contribution >= 0.6 is 0 Å². The van der Waals surface area contributed by atoms with E-state index < -0.39 is 5.60 Å². The number of oxazole rings is 1.